The third-order valence-corrected chi connectivity index (χ3v) is 8.72. The van der Waals surface area contributed by atoms with E-state index in [4.69, 9.17) is 18.7 Å². The number of fused-ring (bicyclic) bond motifs is 5. The van der Waals surface area contributed by atoms with Gasteiger partial charge < -0.3 is 45.4 Å². The predicted octanol–water partition coefficient (Wildman–Crippen LogP) is 2.87. The van der Waals surface area contributed by atoms with E-state index < -0.39 is 53.8 Å². The van der Waals surface area contributed by atoms with E-state index in [9.17, 15) is 24.0 Å². The molecule has 1 saturated heterocycles. The topological polar surface area (TPSA) is 238 Å². The lowest BCUT2D eigenvalue weighted by atomic mass is 10.0. The van der Waals surface area contributed by atoms with Gasteiger partial charge in [-0.3, -0.25) is 24.0 Å². The Kier molecular flexibility index (Phi) is 14.5. The van der Waals surface area contributed by atoms with Gasteiger partial charge in [0.1, 0.15) is 36.7 Å². The Labute approximate surface area is 307 Å². The quantitative estimate of drug-likeness (QED) is 0.138. The summed E-state index contributed by atoms with van der Waals surface area (Å²) in [5.74, 6) is -1.96. The maximum absolute atomic E-state index is 14.1. The average Bonchev–Trinajstić information content (AvgIpc) is 3.90. The minimum absolute atomic E-state index is 0.0390. The van der Waals surface area contributed by atoms with Crippen LogP contribution >= 0.6 is 0 Å². The Hall–Kier alpha value is -5.74. The molecule has 17 heteroatoms. The highest BCUT2D eigenvalue weighted by Gasteiger charge is 2.42. The Balaban J connectivity index is 0.00000202. The fourth-order valence-corrected chi connectivity index (χ4v) is 6.14. The van der Waals surface area contributed by atoms with E-state index >= 15 is 0 Å². The van der Waals surface area contributed by atoms with Gasteiger partial charge in [0.15, 0.2) is 11.4 Å². The first-order valence-corrected chi connectivity index (χ1v) is 17.7. The molecule has 3 aromatic rings. The van der Waals surface area contributed by atoms with Crippen molar-refractivity contribution in [3.63, 3.8) is 0 Å². The first kappa shape index (κ1) is 40.0. The molecule has 0 saturated carbocycles. The summed E-state index contributed by atoms with van der Waals surface area (Å²) in [7, 11) is 0. The van der Waals surface area contributed by atoms with E-state index in [2.05, 4.69) is 43.5 Å². The number of aromatic nitrogens is 2. The molecule has 6 amide bonds. The summed E-state index contributed by atoms with van der Waals surface area (Å²) in [5.41, 5.74) is 0.739. The number of rotatable bonds is 9. The van der Waals surface area contributed by atoms with Crippen LogP contribution in [0.1, 0.15) is 110 Å². The van der Waals surface area contributed by atoms with Crippen molar-refractivity contribution in [3.8, 4) is 0 Å². The molecule has 53 heavy (non-hydrogen) atoms. The first-order valence-electron chi connectivity index (χ1n) is 17.7. The number of hydrogen-bond acceptors (Lipinski definition) is 10. The maximum Gasteiger partial charge on any atom is 0.315 e. The number of nitrogens with zero attached hydrogens (tertiary/aromatic N) is 3. The van der Waals surface area contributed by atoms with Gasteiger partial charge in [0, 0.05) is 19.5 Å². The molecule has 0 spiro atoms. The van der Waals surface area contributed by atoms with Gasteiger partial charge >= 0.3 is 6.03 Å². The minimum Gasteiger partial charge on any atom is -0.483 e. The fraction of sp³-hybridized carbons (Fsp3) is 0.500. The molecule has 2 aliphatic rings. The smallest absolute Gasteiger partial charge is 0.315 e. The van der Waals surface area contributed by atoms with Crippen molar-refractivity contribution in [2.45, 2.75) is 96.4 Å². The molecule has 5 rings (SSSR count). The third kappa shape index (κ3) is 11.1. The van der Waals surface area contributed by atoms with Crippen LogP contribution in [0, 0.1) is 5.92 Å². The monoisotopic (exact) mass is 736 g/mol. The second-order valence-electron chi connectivity index (χ2n) is 13.4. The normalized spacial score (nSPS) is 21.9. The summed E-state index contributed by atoms with van der Waals surface area (Å²) in [5, 5.41) is 21.2. The van der Waals surface area contributed by atoms with Crippen LogP contribution in [0.3, 0.4) is 0 Å². The van der Waals surface area contributed by atoms with Gasteiger partial charge in [-0.05, 0) is 37.7 Å². The standard InChI is InChI=1S/C35H46N8O7.CH2O2/c1-5-6-10-13-36-35(48)38-23-16-28-31(46)40-25(15-22-11-8-7-9-12-22)33-41-26(18-50-33)30(45)39-24(14-20(2)3)29(44)37-21(4)32-42-27(19-49-32)34(47)43(28)17-23;2-1-3/h7-9,11-12,18-21,23-25,28H,5-6,10,13-17H2,1-4H3,(H,37,44)(H,39,45)(H,40,46)(H2,36,38,48);1H,(H,2,3)/t21-,23+,24-,25+,28+;/m1./s1. The van der Waals surface area contributed by atoms with Crippen molar-refractivity contribution in [3.05, 3.63) is 71.6 Å². The Morgan fingerprint density at radius 3 is 2.36 bits per heavy atom. The van der Waals surface area contributed by atoms with Gasteiger partial charge in [0.25, 0.3) is 18.3 Å². The van der Waals surface area contributed by atoms with Crippen LogP contribution in [0.25, 0.3) is 0 Å². The zero-order valence-corrected chi connectivity index (χ0v) is 30.3. The molecule has 2 aliphatic heterocycles. The Morgan fingerprint density at radius 1 is 0.981 bits per heavy atom. The van der Waals surface area contributed by atoms with Crippen molar-refractivity contribution < 1.29 is 42.7 Å². The van der Waals surface area contributed by atoms with Gasteiger partial charge in [-0.2, -0.15) is 0 Å². The molecule has 0 unspecified atom stereocenters. The van der Waals surface area contributed by atoms with Crippen molar-refractivity contribution in [1.29, 1.82) is 0 Å². The lowest BCUT2D eigenvalue weighted by molar-refractivity contribution is -0.126. The molecule has 6 N–H and O–H groups in total. The van der Waals surface area contributed by atoms with Gasteiger partial charge in [0.2, 0.25) is 23.6 Å². The van der Waals surface area contributed by atoms with Gasteiger partial charge in [-0.1, -0.05) is 63.9 Å². The maximum atomic E-state index is 14.1. The van der Waals surface area contributed by atoms with E-state index in [0.29, 0.717) is 13.0 Å². The summed E-state index contributed by atoms with van der Waals surface area (Å²) in [6.45, 7) is 7.87. The second kappa shape index (κ2) is 19.2. The highest BCUT2D eigenvalue weighted by Crippen LogP contribution is 2.25. The molecule has 1 aromatic carbocycles. The van der Waals surface area contributed by atoms with Crippen molar-refractivity contribution in [2.24, 2.45) is 5.92 Å². The van der Waals surface area contributed by atoms with Crippen LogP contribution in [0.15, 0.2) is 51.7 Å². The highest BCUT2D eigenvalue weighted by molar-refractivity contribution is 5.97. The van der Waals surface area contributed by atoms with Gasteiger partial charge in [0.05, 0.1) is 6.04 Å². The molecule has 4 bridgehead atoms. The number of benzene rings is 1. The molecule has 0 radical (unpaired) electrons. The zero-order valence-electron chi connectivity index (χ0n) is 30.3. The van der Waals surface area contributed by atoms with Crippen LogP contribution in [-0.4, -0.2) is 87.3 Å². The molecule has 17 nitrogen and oxygen atoms in total. The predicted molar refractivity (Wildman–Crippen MR) is 189 cm³/mol. The molecular weight excluding hydrogens is 688 g/mol. The number of amides is 6. The summed E-state index contributed by atoms with van der Waals surface area (Å²) < 4.78 is 11.4. The lowest BCUT2D eigenvalue weighted by Gasteiger charge is -2.25. The number of urea groups is 1. The van der Waals surface area contributed by atoms with E-state index in [-0.39, 0.29) is 61.0 Å². The highest BCUT2D eigenvalue weighted by atomic mass is 16.4. The average molecular weight is 737 g/mol. The number of carboxylic acid groups (broad SMARTS) is 1. The molecular formula is C36H48N8O9. The Bertz CT molecular complexity index is 1710. The summed E-state index contributed by atoms with van der Waals surface area (Å²) in [4.78, 5) is 86.1. The third-order valence-electron chi connectivity index (χ3n) is 8.72. The van der Waals surface area contributed by atoms with Crippen LogP contribution in [0.4, 0.5) is 4.79 Å². The lowest BCUT2D eigenvalue weighted by Crippen LogP contribution is -2.48. The molecule has 0 aliphatic carbocycles. The van der Waals surface area contributed by atoms with Crippen molar-refractivity contribution in [2.75, 3.05) is 13.1 Å². The first-order chi connectivity index (χ1) is 25.4. The largest absolute Gasteiger partial charge is 0.483 e. The summed E-state index contributed by atoms with van der Waals surface area (Å²) in [6, 6.07) is 4.93. The summed E-state index contributed by atoms with van der Waals surface area (Å²) >= 11 is 0. The molecule has 2 aromatic heterocycles. The minimum atomic E-state index is -1.00. The molecule has 4 heterocycles. The van der Waals surface area contributed by atoms with E-state index in [0.717, 1.165) is 24.8 Å². The Morgan fingerprint density at radius 2 is 1.66 bits per heavy atom. The number of hydrogen-bond donors (Lipinski definition) is 6. The number of carbonyl (C=O) groups is 6. The van der Waals surface area contributed by atoms with Crippen molar-refractivity contribution in [1.82, 2.24) is 41.5 Å². The van der Waals surface area contributed by atoms with Gasteiger partial charge in [-0.15, -0.1) is 0 Å². The van der Waals surface area contributed by atoms with E-state index in [1.165, 1.54) is 17.4 Å². The molecule has 286 valence electrons. The van der Waals surface area contributed by atoms with Crippen LogP contribution < -0.4 is 26.6 Å². The van der Waals surface area contributed by atoms with E-state index in [1.807, 2.05) is 44.2 Å². The van der Waals surface area contributed by atoms with Crippen LogP contribution in [-0.2, 0) is 20.8 Å². The van der Waals surface area contributed by atoms with Crippen LogP contribution in [0.2, 0.25) is 0 Å². The number of nitrogens with one attached hydrogen (secondary N) is 5. The number of unbranched alkanes of at least 4 members (excludes halogenated alkanes) is 2. The zero-order chi connectivity index (χ0) is 38.5. The second-order valence-corrected chi connectivity index (χ2v) is 13.4. The summed E-state index contributed by atoms with van der Waals surface area (Å²) in [6.07, 6.45) is 5.93. The SMILES string of the molecule is CCCCCNC(=O)N[C@H]1C[C@H]2C(=O)N[C@@H](Cc3ccccc3)c3nc(co3)C(=O)N[C@H](CC(C)C)C(=O)N[C@H](C)c3nc(co3)C(=O)N2C1.O=CO. The number of oxazole rings is 2. The van der Waals surface area contributed by atoms with Crippen molar-refractivity contribution >= 4 is 36.1 Å². The molecule has 1 fully saturated rings. The number of carbonyl (C=O) groups excluding carboxylic acids is 5. The fourth-order valence-electron chi connectivity index (χ4n) is 6.14. The van der Waals surface area contributed by atoms with Crippen LogP contribution in [0.5, 0.6) is 0 Å². The van der Waals surface area contributed by atoms with Gasteiger partial charge in [-0.25, -0.2) is 14.8 Å². The van der Waals surface area contributed by atoms with E-state index in [1.54, 1.807) is 6.92 Å². The molecule has 5 atom stereocenters.